The molecule has 2 heterocycles. The number of fused-ring (bicyclic) bond motifs is 1. The molecule has 1 atom stereocenters. The zero-order chi connectivity index (χ0) is 14.7. The van der Waals surface area contributed by atoms with Crippen molar-refractivity contribution in [3.8, 4) is 0 Å². The lowest BCUT2D eigenvalue weighted by Gasteiger charge is -2.30. The van der Waals surface area contributed by atoms with Crippen molar-refractivity contribution >= 4 is 16.9 Å². The minimum absolute atomic E-state index is 0.00389. The summed E-state index contributed by atoms with van der Waals surface area (Å²) in [6, 6.07) is 12.3. The van der Waals surface area contributed by atoms with E-state index in [1.807, 2.05) is 18.2 Å². The van der Waals surface area contributed by atoms with E-state index in [0.29, 0.717) is 0 Å². The fourth-order valence-corrected chi connectivity index (χ4v) is 2.98. The smallest absolute Gasteiger partial charge is 0.309 e. The van der Waals surface area contributed by atoms with Crippen molar-refractivity contribution < 1.29 is 9.53 Å². The van der Waals surface area contributed by atoms with E-state index in [0.717, 1.165) is 49.1 Å². The molecule has 4 heteroatoms. The van der Waals surface area contributed by atoms with Crippen LogP contribution >= 0.6 is 0 Å². The van der Waals surface area contributed by atoms with Gasteiger partial charge in [-0.15, -0.1) is 0 Å². The fourth-order valence-electron chi connectivity index (χ4n) is 2.98. The number of carbonyl (C=O) groups excluding carboxylic acids is 1. The molecule has 1 aromatic heterocycles. The van der Waals surface area contributed by atoms with E-state index < -0.39 is 0 Å². The Kier molecular flexibility index (Phi) is 4.15. The first-order chi connectivity index (χ1) is 10.3. The van der Waals surface area contributed by atoms with Crippen molar-refractivity contribution in [2.75, 3.05) is 20.2 Å². The van der Waals surface area contributed by atoms with Crippen molar-refractivity contribution in [1.29, 1.82) is 0 Å². The summed E-state index contributed by atoms with van der Waals surface area (Å²) in [6.07, 6.45) is 1.96. The van der Waals surface area contributed by atoms with Gasteiger partial charge in [0.05, 0.1) is 24.2 Å². The first-order valence-corrected chi connectivity index (χ1v) is 7.41. The number of benzene rings is 1. The first-order valence-electron chi connectivity index (χ1n) is 7.41. The average Bonchev–Trinajstić information content (AvgIpc) is 2.54. The summed E-state index contributed by atoms with van der Waals surface area (Å²) in [6.45, 7) is 2.57. The molecule has 1 saturated heterocycles. The fraction of sp³-hybridized carbons (Fsp3) is 0.412. The quantitative estimate of drug-likeness (QED) is 0.813. The third-order valence-corrected chi connectivity index (χ3v) is 4.08. The number of methoxy groups -OCH3 is 1. The van der Waals surface area contributed by atoms with E-state index in [-0.39, 0.29) is 11.9 Å². The summed E-state index contributed by atoms with van der Waals surface area (Å²) in [5.41, 5.74) is 2.08. The van der Waals surface area contributed by atoms with Crippen molar-refractivity contribution in [2.24, 2.45) is 5.92 Å². The van der Waals surface area contributed by atoms with E-state index in [1.54, 1.807) is 0 Å². The van der Waals surface area contributed by atoms with Crippen LogP contribution in [0.4, 0.5) is 0 Å². The predicted octanol–water partition coefficient (Wildman–Crippen LogP) is 2.62. The molecular formula is C17H20N2O2. The summed E-state index contributed by atoms with van der Waals surface area (Å²) in [5, 5.41) is 1.16. The molecule has 0 radical (unpaired) electrons. The minimum atomic E-state index is -0.0915. The molecule has 0 bridgehead atoms. The Hall–Kier alpha value is -1.94. The van der Waals surface area contributed by atoms with Gasteiger partial charge in [-0.25, -0.2) is 0 Å². The zero-order valence-corrected chi connectivity index (χ0v) is 12.3. The standard InChI is InChI=1S/C17H20N2O2/c1-21-17(20)14-6-4-10-19(11-14)12-15-9-8-13-5-2-3-7-16(13)18-15/h2-3,5,7-9,14H,4,6,10-12H2,1H3/t14-/m0/s1. The van der Waals surface area contributed by atoms with Gasteiger partial charge in [0.15, 0.2) is 0 Å². The van der Waals surface area contributed by atoms with Crippen LogP contribution in [0, 0.1) is 5.92 Å². The van der Waals surface area contributed by atoms with Crippen molar-refractivity contribution in [2.45, 2.75) is 19.4 Å². The van der Waals surface area contributed by atoms with Crippen LogP contribution in [0.1, 0.15) is 18.5 Å². The third kappa shape index (κ3) is 3.22. The molecule has 1 fully saturated rings. The van der Waals surface area contributed by atoms with Gasteiger partial charge in [0.25, 0.3) is 0 Å². The molecule has 0 unspecified atom stereocenters. The number of esters is 1. The highest BCUT2D eigenvalue weighted by molar-refractivity contribution is 5.78. The summed E-state index contributed by atoms with van der Waals surface area (Å²) < 4.78 is 4.86. The van der Waals surface area contributed by atoms with Crippen molar-refractivity contribution in [3.63, 3.8) is 0 Å². The molecule has 2 aromatic rings. The molecule has 0 N–H and O–H groups in total. The highest BCUT2D eigenvalue weighted by Gasteiger charge is 2.26. The van der Waals surface area contributed by atoms with Gasteiger partial charge in [-0.1, -0.05) is 24.3 Å². The van der Waals surface area contributed by atoms with Crippen molar-refractivity contribution in [3.05, 3.63) is 42.1 Å². The predicted molar refractivity (Wildman–Crippen MR) is 81.8 cm³/mol. The minimum Gasteiger partial charge on any atom is -0.469 e. The van der Waals surface area contributed by atoms with E-state index in [1.165, 1.54) is 7.11 Å². The van der Waals surface area contributed by atoms with Gasteiger partial charge in [-0.3, -0.25) is 14.7 Å². The van der Waals surface area contributed by atoms with Gasteiger partial charge in [0.1, 0.15) is 0 Å². The highest BCUT2D eigenvalue weighted by atomic mass is 16.5. The molecule has 1 aromatic carbocycles. The van der Waals surface area contributed by atoms with E-state index in [4.69, 9.17) is 9.72 Å². The van der Waals surface area contributed by atoms with Crippen LogP contribution in [0.2, 0.25) is 0 Å². The van der Waals surface area contributed by atoms with Crippen LogP contribution in [0.3, 0.4) is 0 Å². The molecule has 110 valence electrons. The van der Waals surface area contributed by atoms with E-state index >= 15 is 0 Å². The van der Waals surface area contributed by atoms with Crippen LogP contribution < -0.4 is 0 Å². The lowest BCUT2D eigenvalue weighted by atomic mass is 9.98. The summed E-state index contributed by atoms with van der Waals surface area (Å²) in [7, 11) is 1.46. The van der Waals surface area contributed by atoms with Gasteiger partial charge in [0.2, 0.25) is 0 Å². The summed E-state index contributed by atoms with van der Waals surface area (Å²) in [5.74, 6) is -0.0876. The Morgan fingerprint density at radius 2 is 2.19 bits per heavy atom. The molecule has 0 aliphatic carbocycles. The van der Waals surface area contributed by atoms with Gasteiger partial charge >= 0.3 is 5.97 Å². The summed E-state index contributed by atoms with van der Waals surface area (Å²) >= 11 is 0. The molecule has 0 amide bonds. The van der Waals surface area contributed by atoms with Crippen LogP contribution in [0.15, 0.2) is 36.4 Å². The number of aromatic nitrogens is 1. The monoisotopic (exact) mass is 284 g/mol. The summed E-state index contributed by atoms with van der Waals surface area (Å²) in [4.78, 5) is 18.7. The largest absolute Gasteiger partial charge is 0.469 e. The Bertz CT molecular complexity index is 641. The number of para-hydroxylation sites is 1. The van der Waals surface area contributed by atoms with Crippen LogP contribution in [0.5, 0.6) is 0 Å². The van der Waals surface area contributed by atoms with Crippen LogP contribution in [-0.4, -0.2) is 36.1 Å². The number of pyridine rings is 1. The van der Waals surface area contributed by atoms with Crippen LogP contribution in [-0.2, 0) is 16.1 Å². The molecule has 3 rings (SSSR count). The Morgan fingerprint density at radius 3 is 3.05 bits per heavy atom. The number of rotatable bonds is 3. The van der Waals surface area contributed by atoms with E-state index in [2.05, 4.69) is 23.1 Å². The maximum atomic E-state index is 11.7. The zero-order valence-electron chi connectivity index (χ0n) is 12.3. The SMILES string of the molecule is COC(=O)[C@H]1CCCN(Cc2ccc3ccccc3n2)C1. The topological polar surface area (TPSA) is 42.4 Å². The first kappa shape index (κ1) is 14.0. The number of hydrogen-bond acceptors (Lipinski definition) is 4. The Balaban J connectivity index is 1.71. The molecule has 21 heavy (non-hydrogen) atoms. The Labute approximate surface area is 124 Å². The van der Waals surface area contributed by atoms with Crippen LogP contribution in [0.25, 0.3) is 10.9 Å². The molecule has 4 nitrogen and oxygen atoms in total. The number of ether oxygens (including phenoxy) is 1. The lowest BCUT2D eigenvalue weighted by Crippen LogP contribution is -2.38. The number of likely N-dealkylation sites (tertiary alicyclic amines) is 1. The van der Waals surface area contributed by atoms with Gasteiger partial charge in [0, 0.05) is 18.5 Å². The second kappa shape index (κ2) is 6.22. The number of piperidine rings is 1. The highest BCUT2D eigenvalue weighted by Crippen LogP contribution is 2.20. The molecule has 1 aliphatic heterocycles. The lowest BCUT2D eigenvalue weighted by molar-refractivity contribution is -0.147. The number of carbonyl (C=O) groups is 1. The number of hydrogen-bond donors (Lipinski definition) is 0. The molecule has 0 saturated carbocycles. The maximum absolute atomic E-state index is 11.7. The van der Waals surface area contributed by atoms with Gasteiger partial charge < -0.3 is 4.74 Å². The van der Waals surface area contributed by atoms with Gasteiger partial charge in [-0.2, -0.15) is 0 Å². The number of nitrogens with zero attached hydrogens (tertiary/aromatic N) is 2. The van der Waals surface area contributed by atoms with Crippen molar-refractivity contribution in [1.82, 2.24) is 9.88 Å². The normalized spacial score (nSPS) is 19.6. The van der Waals surface area contributed by atoms with E-state index in [9.17, 15) is 4.79 Å². The maximum Gasteiger partial charge on any atom is 0.309 e. The average molecular weight is 284 g/mol. The molecular weight excluding hydrogens is 264 g/mol. The third-order valence-electron chi connectivity index (χ3n) is 4.08. The second-order valence-electron chi connectivity index (χ2n) is 5.59. The molecule has 1 aliphatic rings. The van der Waals surface area contributed by atoms with Gasteiger partial charge in [-0.05, 0) is 31.5 Å². The molecule has 0 spiro atoms. The second-order valence-corrected chi connectivity index (χ2v) is 5.59. The Morgan fingerprint density at radius 1 is 1.33 bits per heavy atom.